The fraction of sp³-hybridized carbons (Fsp3) is 0.636. The van der Waals surface area contributed by atoms with E-state index in [0.717, 1.165) is 12.5 Å². The third-order valence-corrected chi connectivity index (χ3v) is 4.72. The van der Waals surface area contributed by atoms with Crippen LogP contribution in [0.4, 0.5) is 0 Å². The summed E-state index contributed by atoms with van der Waals surface area (Å²) >= 11 is 0. The molecule has 0 amide bonds. The van der Waals surface area contributed by atoms with Gasteiger partial charge in [-0.05, 0) is 6.42 Å². The Labute approximate surface area is 142 Å². The SMILES string of the molecule is CS(=O)(=O)c1nnc(CCC(Cc2nnc(S(C)(=O)=O)o2)C(O)O)o1. The number of aromatic nitrogens is 4. The highest BCUT2D eigenvalue weighted by atomic mass is 32.2. The van der Waals surface area contributed by atoms with Gasteiger partial charge in [0.25, 0.3) is 0 Å². The summed E-state index contributed by atoms with van der Waals surface area (Å²) in [5, 5.41) is 31.7. The van der Waals surface area contributed by atoms with Crippen molar-refractivity contribution in [2.45, 2.75) is 36.0 Å². The number of aryl methyl sites for hydroxylation is 1. The summed E-state index contributed by atoms with van der Waals surface area (Å²) < 4.78 is 55.0. The van der Waals surface area contributed by atoms with Crippen molar-refractivity contribution in [1.82, 2.24) is 20.4 Å². The van der Waals surface area contributed by atoms with Gasteiger partial charge in [0.1, 0.15) is 0 Å². The lowest BCUT2D eigenvalue weighted by atomic mass is 9.99. The van der Waals surface area contributed by atoms with Gasteiger partial charge in [-0.1, -0.05) is 10.2 Å². The standard InChI is InChI=1S/C11H16N4O8S2/c1-24(18,19)10-14-12-7(22-10)4-3-6(9(16)17)5-8-13-15-11(23-8)25(2,20)21/h6,9,16-17H,3-5H2,1-2H3. The van der Waals surface area contributed by atoms with Crippen LogP contribution >= 0.6 is 0 Å². The van der Waals surface area contributed by atoms with E-state index in [9.17, 15) is 27.0 Å². The van der Waals surface area contributed by atoms with Crippen LogP contribution in [0.2, 0.25) is 0 Å². The summed E-state index contributed by atoms with van der Waals surface area (Å²) in [6, 6.07) is 0. The first-order valence-electron chi connectivity index (χ1n) is 6.88. The number of sulfone groups is 2. The molecule has 2 aromatic heterocycles. The molecule has 25 heavy (non-hydrogen) atoms. The first-order valence-corrected chi connectivity index (χ1v) is 10.7. The first-order chi connectivity index (χ1) is 11.5. The van der Waals surface area contributed by atoms with Crippen LogP contribution in [0.15, 0.2) is 19.3 Å². The number of nitrogens with zero attached hydrogens (tertiary/aromatic N) is 4. The molecule has 1 atom stereocenters. The van der Waals surface area contributed by atoms with E-state index in [-0.39, 0.29) is 31.0 Å². The van der Waals surface area contributed by atoms with Gasteiger partial charge in [-0.3, -0.25) is 0 Å². The maximum Gasteiger partial charge on any atom is 0.335 e. The zero-order chi connectivity index (χ0) is 18.8. The third-order valence-electron chi connectivity index (χ3n) is 3.12. The highest BCUT2D eigenvalue weighted by molar-refractivity contribution is 7.90. The molecular weight excluding hydrogens is 380 g/mol. The predicted molar refractivity (Wildman–Crippen MR) is 78.6 cm³/mol. The molecule has 2 rings (SSSR count). The molecule has 0 spiro atoms. The van der Waals surface area contributed by atoms with E-state index in [1.54, 1.807) is 0 Å². The van der Waals surface area contributed by atoms with Gasteiger partial charge in [0.15, 0.2) is 6.29 Å². The molecule has 0 aliphatic rings. The Morgan fingerprint density at radius 2 is 1.36 bits per heavy atom. The van der Waals surface area contributed by atoms with Gasteiger partial charge in [-0.25, -0.2) is 16.8 Å². The topological polar surface area (TPSA) is 187 Å². The molecule has 140 valence electrons. The van der Waals surface area contributed by atoms with Crippen molar-refractivity contribution in [2.24, 2.45) is 5.92 Å². The molecular formula is C11H16N4O8S2. The Morgan fingerprint density at radius 1 is 0.880 bits per heavy atom. The van der Waals surface area contributed by atoms with Crippen LogP contribution in [0.1, 0.15) is 18.2 Å². The number of aliphatic hydroxyl groups excluding tert-OH is 1. The van der Waals surface area contributed by atoms with Crippen LogP contribution in [-0.2, 0) is 32.5 Å². The molecule has 0 radical (unpaired) electrons. The maximum atomic E-state index is 11.3. The first kappa shape index (κ1) is 19.4. The zero-order valence-electron chi connectivity index (χ0n) is 13.2. The van der Waals surface area contributed by atoms with Gasteiger partial charge < -0.3 is 19.0 Å². The quantitative estimate of drug-likeness (QED) is 0.485. The minimum Gasteiger partial charge on any atom is -0.413 e. The van der Waals surface area contributed by atoms with E-state index in [4.69, 9.17) is 8.83 Å². The van der Waals surface area contributed by atoms with E-state index in [1.165, 1.54) is 0 Å². The Hall–Kier alpha value is -1.90. The highest BCUT2D eigenvalue weighted by Gasteiger charge is 2.24. The number of hydrogen-bond acceptors (Lipinski definition) is 12. The summed E-state index contributed by atoms with van der Waals surface area (Å²) in [6.07, 6.45) is 0.132. The second-order valence-electron chi connectivity index (χ2n) is 5.38. The van der Waals surface area contributed by atoms with Gasteiger partial charge >= 0.3 is 10.4 Å². The largest absolute Gasteiger partial charge is 0.413 e. The third kappa shape index (κ3) is 5.29. The zero-order valence-corrected chi connectivity index (χ0v) is 14.9. The Balaban J connectivity index is 2.04. The van der Waals surface area contributed by atoms with E-state index < -0.39 is 42.3 Å². The van der Waals surface area contributed by atoms with Crippen molar-refractivity contribution in [3.8, 4) is 0 Å². The monoisotopic (exact) mass is 396 g/mol. The Bertz CT molecular complexity index is 931. The normalized spacial score (nSPS) is 14.1. The van der Waals surface area contributed by atoms with Crippen molar-refractivity contribution in [3.05, 3.63) is 11.8 Å². The molecule has 0 saturated heterocycles. The lowest BCUT2D eigenvalue weighted by Gasteiger charge is -2.15. The minimum absolute atomic E-state index is 0.00780. The van der Waals surface area contributed by atoms with Gasteiger partial charge in [0.05, 0.1) is 0 Å². The number of aliphatic hydroxyl groups is 2. The molecule has 0 aliphatic heterocycles. The van der Waals surface area contributed by atoms with Crippen LogP contribution in [0.5, 0.6) is 0 Å². The number of rotatable bonds is 8. The predicted octanol–water partition coefficient (Wildman–Crippen LogP) is -1.64. The molecule has 1 unspecified atom stereocenters. The smallest absolute Gasteiger partial charge is 0.335 e. The second-order valence-corrected chi connectivity index (χ2v) is 9.17. The van der Waals surface area contributed by atoms with Gasteiger partial charge in [-0.2, -0.15) is 0 Å². The lowest BCUT2D eigenvalue weighted by molar-refractivity contribution is -0.0872. The summed E-state index contributed by atoms with van der Waals surface area (Å²) in [7, 11) is -7.29. The fourth-order valence-electron chi connectivity index (χ4n) is 1.85. The molecule has 0 bridgehead atoms. The van der Waals surface area contributed by atoms with Crippen LogP contribution < -0.4 is 0 Å². The average Bonchev–Trinajstić information content (AvgIpc) is 3.11. The van der Waals surface area contributed by atoms with Gasteiger partial charge in [0, 0.05) is 31.3 Å². The Morgan fingerprint density at radius 3 is 1.80 bits per heavy atom. The van der Waals surface area contributed by atoms with E-state index >= 15 is 0 Å². The van der Waals surface area contributed by atoms with Crippen LogP contribution in [0, 0.1) is 5.92 Å². The van der Waals surface area contributed by atoms with Crippen LogP contribution in [0.25, 0.3) is 0 Å². The van der Waals surface area contributed by atoms with Crippen molar-refractivity contribution >= 4 is 19.7 Å². The molecule has 2 aromatic rings. The maximum absolute atomic E-state index is 11.3. The summed E-state index contributed by atoms with van der Waals surface area (Å²) in [6.45, 7) is 0. The molecule has 14 heteroatoms. The van der Waals surface area contributed by atoms with E-state index in [0.29, 0.717) is 0 Å². The molecule has 2 N–H and O–H groups in total. The second kappa shape index (κ2) is 7.15. The van der Waals surface area contributed by atoms with Crippen molar-refractivity contribution in [3.63, 3.8) is 0 Å². The van der Waals surface area contributed by atoms with E-state index in [1.807, 2.05) is 0 Å². The highest BCUT2D eigenvalue weighted by Crippen LogP contribution is 2.19. The minimum atomic E-state index is -3.66. The molecule has 0 aliphatic carbocycles. The number of hydrogen-bond donors (Lipinski definition) is 2. The summed E-state index contributed by atoms with van der Waals surface area (Å²) in [4.78, 5) is 0. The summed E-state index contributed by atoms with van der Waals surface area (Å²) in [5.74, 6) is -0.879. The van der Waals surface area contributed by atoms with E-state index in [2.05, 4.69) is 20.4 Å². The molecule has 0 aromatic carbocycles. The summed E-state index contributed by atoms with van der Waals surface area (Å²) in [5.41, 5.74) is 0. The lowest BCUT2D eigenvalue weighted by Crippen LogP contribution is -2.23. The fourth-order valence-corrected chi connectivity index (χ4v) is 2.72. The van der Waals surface area contributed by atoms with Crippen molar-refractivity contribution < 1.29 is 35.9 Å². The van der Waals surface area contributed by atoms with Crippen LogP contribution in [0.3, 0.4) is 0 Å². The van der Waals surface area contributed by atoms with Crippen LogP contribution in [-0.4, -0.2) is 66.2 Å². The molecule has 12 nitrogen and oxygen atoms in total. The molecule has 0 saturated carbocycles. The molecule has 2 heterocycles. The van der Waals surface area contributed by atoms with Gasteiger partial charge in [-0.15, -0.1) is 10.2 Å². The van der Waals surface area contributed by atoms with Crippen molar-refractivity contribution in [2.75, 3.05) is 12.5 Å². The van der Waals surface area contributed by atoms with Crippen molar-refractivity contribution in [1.29, 1.82) is 0 Å². The Kier molecular flexibility index (Phi) is 5.55. The van der Waals surface area contributed by atoms with Gasteiger partial charge in [0.2, 0.25) is 31.5 Å². The average molecular weight is 396 g/mol. The molecule has 0 fully saturated rings.